The molecule has 106 valence electrons. The summed E-state index contributed by atoms with van der Waals surface area (Å²) in [5.74, 6) is -0.422. The van der Waals surface area contributed by atoms with Crippen LogP contribution in [0.1, 0.15) is 40.0 Å². The summed E-state index contributed by atoms with van der Waals surface area (Å²) in [5.41, 5.74) is 10.3. The molecule has 1 aliphatic rings. The summed E-state index contributed by atoms with van der Waals surface area (Å²) in [7, 11) is 0. The molecule has 1 rings (SSSR count). The number of ether oxygens (including phenoxy) is 1. The predicted octanol–water partition coefficient (Wildman–Crippen LogP) is 0.470. The maximum Gasteiger partial charge on any atom is 0.237 e. The Kier molecular flexibility index (Phi) is 5.13. The second-order valence-corrected chi connectivity index (χ2v) is 6.09. The second-order valence-electron chi connectivity index (χ2n) is 6.09. The summed E-state index contributed by atoms with van der Waals surface area (Å²) in [6.45, 7) is 9.68. The van der Waals surface area contributed by atoms with E-state index in [9.17, 15) is 4.79 Å². The molecule has 0 aromatic rings. The lowest BCUT2D eigenvalue weighted by Crippen LogP contribution is -2.53. The van der Waals surface area contributed by atoms with Gasteiger partial charge in [0.05, 0.1) is 18.8 Å². The topological polar surface area (TPSA) is 81.6 Å². The fourth-order valence-corrected chi connectivity index (χ4v) is 2.22. The van der Waals surface area contributed by atoms with E-state index in [0.29, 0.717) is 6.42 Å². The maximum atomic E-state index is 11.1. The molecule has 4 N–H and O–H groups in total. The van der Waals surface area contributed by atoms with Crippen LogP contribution in [0, 0.1) is 0 Å². The molecule has 5 nitrogen and oxygen atoms in total. The van der Waals surface area contributed by atoms with E-state index in [1.165, 1.54) is 0 Å². The van der Waals surface area contributed by atoms with E-state index in [1.807, 2.05) is 0 Å². The molecule has 1 unspecified atom stereocenters. The first kappa shape index (κ1) is 15.4. The first-order chi connectivity index (χ1) is 8.26. The van der Waals surface area contributed by atoms with E-state index in [2.05, 4.69) is 18.7 Å². The zero-order chi connectivity index (χ0) is 13.8. The summed E-state index contributed by atoms with van der Waals surface area (Å²) >= 11 is 0. The van der Waals surface area contributed by atoms with Crippen molar-refractivity contribution < 1.29 is 9.53 Å². The van der Waals surface area contributed by atoms with Gasteiger partial charge in [-0.2, -0.15) is 0 Å². The van der Waals surface area contributed by atoms with Crippen molar-refractivity contribution in [3.8, 4) is 0 Å². The van der Waals surface area contributed by atoms with Gasteiger partial charge < -0.3 is 16.2 Å². The largest absolute Gasteiger partial charge is 0.378 e. The fraction of sp³-hybridized carbons (Fsp3) is 0.923. The number of carbonyl (C=O) groups excluding carboxylic acids is 1. The molecule has 0 aromatic heterocycles. The third-order valence-electron chi connectivity index (χ3n) is 3.75. The van der Waals surface area contributed by atoms with E-state index < -0.39 is 11.4 Å². The number of primary amides is 1. The lowest BCUT2D eigenvalue weighted by Gasteiger charge is -2.42. The molecular weight excluding hydrogens is 230 g/mol. The van der Waals surface area contributed by atoms with Gasteiger partial charge in [-0.15, -0.1) is 0 Å². The first-order valence-electron chi connectivity index (χ1n) is 6.67. The Bertz CT molecular complexity index is 290. The first-order valence-corrected chi connectivity index (χ1v) is 6.67. The van der Waals surface area contributed by atoms with Gasteiger partial charge in [-0.3, -0.25) is 9.69 Å². The van der Waals surface area contributed by atoms with Crippen molar-refractivity contribution in [2.24, 2.45) is 11.5 Å². The molecule has 0 saturated carbocycles. The van der Waals surface area contributed by atoms with Crippen molar-refractivity contribution in [1.29, 1.82) is 0 Å². The van der Waals surface area contributed by atoms with Crippen LogP contribution in [0.5, 0.6) is 0 Å². The Labute approximate surface area is 110 Å². The molecule has 0 aliphatic carbocycles. The van der Waals surface area contributed by atoms with Crippen LogP contribution in [-0.2, 0) is 9.53 Å². The minimum Gasteiger partial charge on any atom is -0.378 e. The SMILES string of the molecule is CC(N)(CCCCN1CCOCC1(C)C)C(N)=O. The van der Waals surface area contributed by atoms with Gasteiger partial charge in [0.2, 0.25) is 5.91 Å². The molecule has 1 atom stereocenters. The van der Waals surface area contributed by atoms with Crippen LogP contribution in [-0.4, -0.2) is 48.2 Å². The van der Waals surface area contributed by atoms with E-state index >= 15 is 0 Å². The average Bonchev–Trinajstić information content (AvgIpc) is 2.25. The van der Waals surface area contributed by atoms with Crippen molar-refractivity contribution >= 4 is 5.91 Å². The number of amides is 1. The molecule has 1 saturated heterocycles. The Morgan fingerprint density at radius 1 is 1.44 bits per heavy atom. The number of hydrogen-bond acceptors (Lipinski definition) is 4. The van der Waals surface area contributed by atoms with E-state index in [1.54, 1.807) is 6.92 Å². The number of nitrogens with zero attached hydrogens (tertiary/aromatic N) is 1. The van der Waals surface area contributed by atoms with Crippen LogP contribution >= 0.6 is 0 Å². The van der Waals surface area contributed by atoms with Gasteiger partial charge >= 0.3 is 0 Å². The van der Waals surface area contributed by atoms with Crippen molar-refractivity contribution in [1.82, 2.24) is 4.90 Å². The smallest absolute Gasteiger partial charge is 0.237 e. The van der Waals surface area contributed by atoms with Crippen LogP contribution in [0.4, 0.5) is 0 Å². The maximum absolute atomic E-state index is 11.1. The molecule has 18 heavy (non-hydrogen) atoms. The van der Waals surface area contributed by atoms with Crippen molar-refractivity contribution in [2.45, 2.75) is 51.1 Å². The molecule has 1 amide bonds. The highest BCUT2D eigenvalue weighted by atomic mass is 16.5. The van der Waals surface area contributed by atoms with Gasteiger partial charge in [-0.25, -0.2) is 0 Å². The monoisotopic (exact) mass is 257 g/mol. The zero-order valence-corrected chi connectivity index (χ0v) is 11.9. The van der Waals surface area contributed by atoms with Crippen LogP contribution in [0.3, 0.4) is 0 Å². The number of hydrogen-bond donors (Lipinski definition) is 2. The quantitative estimate of drug-likeness (QED) is 0.678. The number of carbonyl (C=O) groups is 1. The number of nitrogens with two attached hydrogens (primary N) is 2. The number of unbranched alkanes of at least 4 members (excludes halogenated alkanes) is 1. The summed E-state index contributed by atoms with van der Waals surface area (Å²) in [5, 5.41) is 0. The third-order valence-corrected chi connectivity index (χ3v) is 3.75. The molecule has 1 fully saturated rings. The predicted molar refractivity (Wildman–Crippen MR) is 72.1 cm³/mol. The Morgan fingerprint density at radius 3 is 2.67 bits per heavy atom. The van der Waals surface area contributed by atoms with Gasteiger partial charge in [0.15, 0.2) is 0 Å². The van der Waals surface area contributed by atoms with Crippen LogP contribution in [0.2, 0.25) is 0 Å². The lowest BCUT2D eigenvalue weighted by molar-refractivity contribution is -0.122. The van der Waals surface area contributed by atoms with E-state index in [4.69, 9.17) is 16.2 Å². The summed E-state index contributed by atoms with van der Waals surface area (Å²) in [6.07, 6.45) is 2.60. The molecule has 0 aromatic carbocycles. The standard InChI is InChI=1S/C13H27N3O2/c1-12(2)10-18-9-8-16(12)7-5-4-6-13(3,15)11(14)17/h4-10,15H2,1-3H3,(H2,14,17). The number of rotatable bonds is 6. The molecule has 5 heteroatoms. The van der Waals surface area contributed by atoms with Gasteiger partial charge in [-0.05, 0) is 46.6 Å². The van der Waals surface area contributed by atoms with Crippen molar-refractivity contribution in [3.63, 3.8) is 0 Å². The minimum atomic E-state index is -0.874. The molecule has 0 radical (unpaired) electrons. The van der Waals surface area contributed by atoms with Crippen LogP contribution < -0.4 is 11.5 Å². The molecular formula is C13H27N3O2. The van der Waals surface area contributed by atoms with Gasteiger partial charge in [0, 0.05) is 12.1 Å². The van der Waals surface area contributed by atoms with Crippen molar-refractivity contribution in [2.75, 3.05) is 26.3 Å². The van der Waals surface area contributed by atoms with Crippen LogP contribution in [0.25, 0.3) is 0 Å². The highest BCUT2D eigenvalue weighted by Crippen LogP contribution is 2.20. The third kappa shape index (κ3) is 4.23. The van der Waals surface area contributed by atoms with Gasteiger partial charge in [0.25, 0.3) is 0 Å². The number of morpholine rings is 1. The molecule has 0 bridgehead atoms. The zero-order valence-electron chi connectivity index (χ0n) is 11.9. The fourth-order valence-electron chi connectivity index (χ4n) is 2.22. The molecule has 1 aliphatic heterocycles. The Hall–Kier alpha value is -0.650. The van der Waals surface area contributed by atoms with Crippen LogP contribution in [0.15, 0.2) is 0 Å². The van der Waals surface area contributed by atoms with E-state index in [0.717, 1.165) is 39.1 Å². The summed E-state index contributed by atoms with van der Waals surface area (Å²) in [4.78, 5) is 13.5. The van der Waals surface area contributed by atoms with Gasteiger partial charge in [0.1, 0.15) is 0 Å². The Balaban J connectivity index is 2.27. The lowest BCUT2D eigenvalue weighted by atomic mass is 9.95. The Morgan fingerprint density at radius 2 is 2.11 bits per heavy atom. The summed E-state index contributed by atoms with van der Waals surface area (Å²) < 4.78 is 5.48. The highest BCUT2D eigenvalue weighted by molar-refractivity contribution is 5.83. The summed E-state index contributed by atoms with van der Waals surface area (Å²) in [6, 6.07) is 0. The average molecular weight is 257 g/mol. The van der Waals surface area contributed by atoms with Gasteiger partial charge in [-0.1, -0.05) is 0 Å². The minimum absolute atomic E-state index is 0.105. The highest BCUT2D eigenvalue weighted by Gasteiger charge is 2.30. The van der Waals surface area contributed by atoms with E-state index in [-0.39, 0.29) is 5.54 Å². The molecule has 0 spiro atoms. The molecule has 1 heterocycles. The van der Waals surface area contributed by atoms with Crippen molar-refractivity contribution in [3.05, 3.63) is 0 Å². The second kappa shape index (κ2) is 5.99. The normalized spacial score (nSPS) is 23.6.